The van der Waals surface area contributed by atoms with Crippen molar-refractivity contribution in [1.82, 2.24) is 10.2 Å². The smallest absolute Gasteiger partial charge is 0.0476 e. The number of nitrogens with zero attached hydrogens (tertiary/aromatic N) is 1. The molecule has 16 heavy (non-hydrogen) atoms. The number of rotatable bonds is 1. The third kappa shape index (κ3) is 1.76. The maximum absolute atomic E-state index is 3.54. The highest BCUT2D eigenvalue weighted by Crippen LogP contribution is 2.31. The van der Waals surface area contributed by atoms with Crippen LogP contribution in [0.2, 0.25) is 0 Å². The monoisotopic (exact) mass is 216 g/mol. The van der Waals surface area contributed by atoms with E-state index in [2.05, 4.69) is 41.4 Å². The van der Waals surface area contributed by atoms with Crippen molar-refractivity contribution in [2.45, 2.75) is 25.9 Å². The fraction of sp³-hybridized carbons (Fsp3) is 0.571. The molecule has 2 unspecified atom stereocenters. The number of likely N-dealkylation sites (tertiary alicyclic amines) is 1. The van der Waals surface area contributed by atoms with Gasteiger partial charge in [0.25, 0.3) is 0 Å². The van der Waals surface area contributed by atoms with E-state index in [1.54, 1.807) is 5.56 Å². The number of fused-ring (bicyclic) bond motifs is 1. The summed E-state index contributed by atoms with van der Waals surface area (Å²) < 4.78 is 0. The summed E-state index contributed by atoms with van der Waals surface area (Å²) in [5.74, 6) is 0.870. The summed E-state index contributed by atoms with van der Waals surface area (Å²) in [6.07, 6.45) is 1.36. The van der Waals surface area contributed by atoms with Crippen molar-refractivity contribution in [2.24, 2.45) is 5.92 Å². The fourth-order valence-electron chi connectivity index (χ4n) is 3.05. The van der Waals surface area contributed by atoms with Gasteiger partial charge in [-0.1, -0.05) is 31.2 Å². The Hall–Kier alpha value is -0.860. The van der Waals surface area contributed by atoms with Gasteiger partial charge in [0.15, 0.2) is 0 Å². The summed E-state index contributed by atoms with van der Waals surface area (Å²) in [6.45, 7) is 7.05. The molecule has 0 bridgehead atoms. The van der Waals surface area contributed by atoms with Gasteiger partial charge in [-0.2, -0.15) is 0 Å². The lowest BCUT2D eigenvalue weighted by atomic mass is 9.96. The van der Waals surface area contributed by atoms with Gasteiger partial charge in [0.1, 0.15) is 0 Å². The number of hydrogen-bond donors (Lipinski definition) is 1. The molecule has 0 saturated carbocycles. The molecular formula is C14H20N2. The largest absolute Gasteiger partial charge is 0.311 e. The van der Waals surface area contributed by atoms with Crippen LogP contribution in [-0.4, -0.2) is 24.5 Å². The highest BCUT2D eigenvalue weighted by Gasteiger charge is 2.29. The molecule has 0 amide bonds. The SMILES string of the molecule is CC1CCN(C2CNCc3ccccc32)C1. The summed E-state index contributed by atoms with van der Waals surface area (Å²) in [4.78, 5) is 2.65. The molecular weight excluding hydrogens is 196 g/mol. The topological polar surface area (TPSA) is 15.3 Å². The molecule has 0 spiro atoms. The summed E-state index contributed by atoms with van der Waals surface area (Å²) in [6, 6.07) is 9.50. The van der Waals surface area contributed by atoms with Crippen molar-refractivity contribution >= 4 is 0 Å². The van der Waals surface area contributed by atoms with Gasteiger partial charge in [0.2, 0.25) is 0 Å². The predicted octanol–water partition coefficient (Wildman–Crippen LogP) is 2.17. The van der Waals surface area contributed by atoms with Gasteiger partial charge in [-0.25, -0.2) is 0 Å². The van der Waals surface area contributed by atoms with Gasteiger partial charge in [-0.15, -0.1) is 0 Å². The Morgan fingerprint density at radius 1 is 1.31 bits per heavy atom. The molecule has 2 atom stereocenters. The summed E-state index contributed by atoms with van der Waals surface area (Å²) >= 11 is 0. The minimum Gasteiger partial charge on any atom is -0.311 e. The average molecular weight is 216 g/mol. The first-order valence-corrected chi connectivity index (χ1v) is 6.37. The van der Waals surface area contributed by atoms with E-state index >= 15 is 0 Å². The van der Waals surface area contributed by atoms with Crippen LogP contribution < -0.4 is 5.32 Å². The zero-order valence-corrected chi connectivity index (χ0v) is 9.95. The van der Waals surface area contributed by atoms with Gasteiger partial charge >= 0.3 is 0 Å². The van der Waals surface area contributed by atoms with Crippen molar-refractivity contribution < 1.29 is 0 Å². The molecule has 2 aliphatic rings. The maximum atomic E-state index is 3.54. The maximum Gasteiger partial charge on any atom is 0.0476 e. The Morgan fingerprint density at radius 3 is 3.00 bits per heavy atom. The Balaban J connectivity index is 1.87. The Bertz CT molecular complexity index is 375. The van der Waals surface area contributed by atoms with Gasteiger partial charge in [-0.3, -0.25) is 4.90 Å². The highest BCUT2D eigenvalue weighted by molar-refractivity contribution is 5.32. The molecule has 1 aromatic rings. The molecule has 2 heteroatoms. The molecule has 1 saturated heterocycles. The molecule has 1 fully saturated rings. The molecule has 3 rings (SSSR count). The number of hydrogen-bond acceptors (Lipinski definition) is 2. The summed E-state index contributed by atoms with van der Waals surface area (Å²) in [7, 11) is 0. The molecule has 0 aliphatic carbocycles. The Morgan fingerprint density at radius 2 is 2.19 bits per heavy atom. The van der Waals surface area contributed by atoms with Gasteiger partial charge in [-0.05, 0) is 30.0 Å². The second-order valence-electron chi connectivity index (χ2n) is 5.23. The standard InChI is InChI=1S/C14H20N2/c1-11-6-7-16(10-11)14-9-15-8-12-4-2-3-5-13(12)14/h2-5,11,14-15H,6-10H2,1H3. The molecule has 0 aromatic heterocycles. The van der Waals surface area contributed by atoms with E-state index < -0.39 is 0 Å². The van der Waals surface area contributed by atoms with Crippen molar-refractivity contribution in [3.8, 4) is 0 Å². The van der Waals surface area contributed by atoms with E-state index in [9.17, 15) is 0 Å². The van der Waals surface area contributed by atoms with Crippen LogP contribution in [0.1, 0.15) is 30.5 Å². The molecule has 1 N–H and O–H groups in total. The van der Waals surface area contributed by atoms with Crippen LogP contribution in [0.25, 0.3) is 0 Å². The van der Waals surface area contributed by atoms with Crippen LogP contribution in [0, 0.1) is 5.92 Å². The second-order valence-corrected chi connectivity index (χ2v) is 5.23. The first kappa shape index (κ1) is 10.3. The third-order valence-electron chi connectivity index (χ3n) is 3.96. The van der Waals surface area contributed by atoms with E-state index in [4.69, 9.17) is 0 Å². The Kier molecular flexibility index (Phi) is 2.70. The third-order valence-corrected chi connectivity index (χ3v) is 3.96. The zero-order chi connectivity index (χ0) is 11.0. The highest BCUT2D eigenvalue weighted by atomic mass is 15.2. The second kappa shape index (κ2) is 4.19. The van der Waals surface area contributed by atoms with Crippen LogP contribution in [0.4, 0.5) is 0 Å². The van der Waals surface area contributed by atoms with Crippen molar-refractivity contribution in [3.05, 3.63) is 35.4 Å². The van der Waals surface area contributed by atoms with Crippen LogP contribution >= 0.6 is 0 Å². The van der Waals surface area contributed by atoms with Gasteiger partial charge in [0.05, 0.1) is 0 Å². The minimum absolute atomic E-state index is 0.606. The fourth-order valence-corrected chi connectivity index (χ4v) is 3.05. The lowest BCUT2D eigenvalue weighted by Gasteiger charge is -2.33. The number of nitrogens with one attached hydrogen (secondary N) is 1. The molecule has 86 valence electrons. The quantitative estimate of drug-likeness (QED) is 0.774. The van der Waals surface area contributed by atoms with Gasteiger partial charge < -0.3 is 5.32 Å². The van der Waals surface area contributed by atoms with E-state index in [0.717, 1.165) is 19.0 Å². The molecule has 2 nitrogen and oxygen atoms in total. The van der Waals surface area contributed by atoms with E-state index in [1.165, 1.54) is 25.1 Å². The molecule has 2 aliphatic heterocycles. The normalized spacial score (nSPS) is 30.3. The van der Waals surface area contributed by atoms with Crippen LogP contribution in [-0.2, 0) is 6.54 Å². The lowest BCUT2D eigenvalue weighted by Crippen LogP contribution is -2.38. The molecule has 2 heterocycles. The lowest BCUT2D eigenvalue weighted by molar-refractivity contribution is 0.222. The van der Waals surface area contributed by atoms with Crippen LogP contribution in [0.5, 0.6) is 0 Å². The van der Waals surface area contributed by atoms with Crippen LogP contribution in [0.3, 0.4) is 0 Å². The van der Waals surface area contributed by atoms with Crippen molar-refractivity contribution in [1.29, 1.82) is 0 Å². The first-order valence-electron chi connectivity index (χ1n) is 6.37. The van der Waals surface area contributed by atoms with Crippen molar-refractivity contribution in [3.63, 3.8) is 0 Å². The predicted molar refractivity (Wildman–Crippen MR) is 66.2 cm³/mol. The van der Waals surface area contributed by atoms with Gasteiger partial charge in [0, 0.05) is 25.7 Å². The summed E-state index contributed by atoms with van der Waals surface area (Å²) in [5.41, 5.74) is 3.04. The van der Waals surface area contributed by atoms with E-state index in [1.807, 2.05) is 0 Å². The zero-order valence-electron chi connectivity index (χ0n) is 9.95. The molecule has 1 aromatic carbocycles. The minimum atomic E-state index is 0.606. The first-order chi connectivity index (χ1) is 7.84. The van der Waals surface area contributed by atoms with E-state index in [-0.39, 0.29) is 0 Å². The Labute approximate surface area is 97.6 Å². The number of benzene rings is 1. The van der Waals surface area contributed by atoms with E-state index in [0.29, 0.717) is 6.04 Å². The van der Waals surface area contributed by atoms with Crippen LogP contribution in [0.15, 0.2) is 24.3 Å². The van der Waals surface area contributed by atoms with Crippen molar-refractivity contribution in [2.75, 3.05) is 19.6 Å². The summed E-state index contributed by atoms with van der Waals surface area (Å²) in [5, 5.41) is 3.54. The molecule has 0 radical (unpaired) electrons. The average Bonchev–Trinajstić information content (AvgIpc) is 2.75.